The van der Waals surface area contributed by atoms with E-state index in [1.807, 2.05) is 18.9 Å². The fourth-order valence-corrected chi connectivity index (χ4v) is 3.89. The van der Waals surface area contributed by atoms with Crippen LogP contribution in [0.25, 0.3) is 0 Å². The van der Waals surface area contributed by atoms with Crippen LogP contribution in [0.2, 0.25) is 0 Å². The van der Waals surface area contributed by atoms with E-state index >= 15 is 0 Å². The SMILES string of the molecule is CCC(CSC)N(C)CC1(COC)CCNCC1. The van der Waals surface area contributed by atoms with Crippen LogP contribution in [0.5, 0.6) is 0 Å². The average molecular weight is 274 g/mol. The number of thioether (sulfide) groups is 1. The molecule has 1 saturated heterocycles. The average Bonchev–Trinajstić information content (AvgIpc) is 2.37. The molecule has 3 nitrogen and oxygen atoms in total. The van der Waals surface area contributed by atoms with E-state index in [4.69, 9.17) is 4.74 Å². The van der Waals surface area contributed by atoms with Crippen LogP contribution >= 0.6 is 11.8 Å². The van der Waals surface area contributed by atoms with Gasteiger partial charge in [0, 0.05) is 30.9 Å². The fraction of sp³-hybridized carbons (Fsp3) is 1.00. The highest BCUT2D eigenvalue weighted by atomic mass is 32.2. The smallest absolute Gasteiger partial charge is 0.0531 e. The molecule has 1 aliphatic heterocycles. The van der Waals surface area contributed by atoms with Gasteiger partial charge in [0.1, 0.15) is 0 Å². The molecule has 0 spiro atoms. The number of hydrogen-bond donors (Lipinski definition) is 1. The van der Waals surface area contributed by atoms with Crippen LogP contribution < -0.4 is 5.32 Å². The number of rotatable bonds is 8. The number of piperidine rings is 1. The molecule has 0 aliphatic carbocycles. The molecule has 0 saturated carbocycles. The first-order valence-electron chi connectivity index (χ1n) is 7.06. The molecular formula is C14H30N2OS. The molecule has 108 valence electrons. The summed E-state index contributed by atoms with van der Waals surface area (Å²) >= 11 is 1.95. The monoisotopic (exact) mass is 274 g/mol. The van der Waals surface area contributed by atoms with Crippen LogP contribution in [0.15, 0.2) is 0 Å². The topological polar surface area (TPSA) is 24.5 Å². The van der Waals surface area contributed by atoms with E-state index in [9.17, 15) is 0 Å². The highest BCUT2D eigenvalue weighted by molar-refractivity contribution is 7.98. The summed E-state index contributed by atoms with van der Waals surface area (Å²) in [6.07, 6.45) is 5.91. The maximum Gasteiger partial charge on any atom is 0.0531 e. The Hall–Kier alpha value is 0.230. The number of methoxy groups -OCH3 is 1. The maximum absolute atomic E-state index is 5.50. The second-order valence-electron chi connectivity index (χ2n) is 5.62. The Morgan fingerprint density at radius 2 is 2.06 bits per heavy atom. The second kappa shape index (κ2) is 8.41. The van der Waals surface area contributed by atoms with Crippen molar-refractivity contribution in [1.29, 1.82) is 0 Å². The third kappa shape index (κ3) is 4.72. The van der Waals surface area contributed by atoms with Crippen molar-refractivity contribution in [2.75, 3.05) is 52.4 Å². The van der Waals surface area contributed by atoms with Crippen molar-refractivity contribution in [3.8, 4) is 0 Å². The highest BCUT2D eigenvalue weighted by Crippen LogP contribution is 2.31. The molecule has 1 rings (SSSR count). The predicted molar refractivity (Wildman–Crippen MR) is 81.5 cm³/mol. The lowest BCUT2D eigenvalue weighted by molar-refractivity contribution is 0.0205. The van der Waals surface area contributed by atoms with E-state index in [0.717, 1.165) is 19.7 Å². The van der Waals surface area contributed by atoms with Gasteiger partial charge in [0.2, 0.25) is 0 Å². The third-order valence-corrected chi connectivity index (χ3v) is 4.87. The molecule has 1 aliphatic rings. The van der Waals surface area contributed by atoms with Crippen LogP contribution in [0.4, 0.5) is 0 Å². The van der Waals surface area contributed by atoms with Crippen molar-refractivity contribution < 1.29 is 4.74 Å². The molecule has 0 aromatic rings. The van der Waals surface area contributed by atoms with E-state index in [1.165, 1.54) is 31.6 Å². The Labute approximate surface area is 117 Å². The van der Waals surface area contributed by atoms with Crippen molar-refractivity contribution in [2.24, 2.45) is 5.41 Å². The van der Waals surface area contributed by atoms with Crippen molar-refractivity contribution in [3.05, 3.63) is 0 Å². The van der Waals surface area contributed by atoms with Crippen molar-refractivity contribution >= 4 is 11.8 Å². The van der Waals surface area contributed by atoms with Crippen LogP contribution in [-0.4, -0.2) is 63.3 Å². The zero-order chi connectivity index (χ0) is 13.4. The minimum absolute atomic E-state index is 0.362. The minimum atomic E-state index is 0.362. The van der Waals surface area contributed by atoms with Crippen LogP contribution in [0.3, 0.4) is 0 Å². The lowest BCUT2D eigenvalue weighted by Gasteiger charge is -2.42. The van der Waals surface area contributed by atoms with Gasteiger partial charge in [0.15, 0.2) is 0 Å². The Morgan fingerprint density at radius 1 is 1.39 bits per heavy atom. The third-order valence-electron chi connectivity index (χ3n) is 4.15. The quantitative estimate of drug-likeness (QED) is 0.732. The Kier molecular flexibility index (Phi) is 7.61. The summed E-state index contributed by atoms with van der Waals surface area (Å²) in [6, 6.07) is 0.698. The molecule has 18 heavy (non-hydrogen) atoms. The van der Waals surface area contributed by atoms with Crippen LogP contribution in [0, 0.1) is 5.41 Å². The molecule has 1 atom stereocenters. The maximum atomic E-state index is 5.50. The zero-order valence-corrected chi connectivity index (χ0v) is 13.3. The van der Waals surface area contributed by atoms with Gasteiger partial charge in [-0.25, -0.2) is 0 Å². The molecule has 0 aromatic heterocycles. The number of nitrogens with zero attached hydrogens (tertiary/aromatic N) is 1. The number of hydrogen-bond acceptors (Lipinski definition) is 4. The van der Waals surface area contributed by atoms with E-state index in [1.54, 1.807) is 0 Å². The summed E-state index contributed by atoms with van der Waals surface area (Å²) in [7, 11) is 4.12. The normalized spacial score (nSPS) is 21.2. The summed E-state index contributed by atoms with van der Waals surface area (Å²) in [5, 5.41) is 3.46. The summed E-state index contributed by atoms with van der Waals surface area (Å²) in [6.45, 7) is 6.63. The summed E-state index contributed by atoms with van der Waals surface area (Å²) < 4.78 is 5.50. The molecule has 1 fully saturated rings. The first-order valence-corrected chi connectivity index (χ1v) is 8.45. The van der Waals surface area contributed by atoms with Gasteiger partial charge in [-0.3, -0.25) is 0 Å². The van der Waals surface area contributed by atoms with Gasteiger partial charge in [-0.2, -0.15) is 11.8 Å². The molecule has 1 unspecified atom stereocenters. The summed E-state index contributed by atoms with van der Waals surface area (Å²) in [4.78, 5) is 2.56. The standard InChI is InChI=1S/C14H30N2OS/c1-5-13(10-18-4)16(2)11-14(12-17-3)6-8-15-9-7-14/h13,15H,5-12H2,1-4H3. The molecule has 0 bridgehead atoms. The van der Waals surface area contributed by atoms with Gasteiger partial charge in [0.25, 0.3) is 0 Å². The van der Waals surface area contributed by atoms with E-state index in [0.29, 0.717) is 11.5 Å². The molecule has 1 heterocycles. The number of ether oxygens (including phenoxy) is 1. The lowest BCUT2D eigenvalue weighted by Crippen LogP contribution is -2.49. The highest BCUT2D eigenvalue weighted by Gasteiger charge is 2.34. The van der Waals surface area contributed by atoms with Crippen LogP contribution in [-0.2, 0) is 4.74 Å². The molecule has 0 aromatic carbocycles. The van der Waals surface area contributed by atoms with Crippen molar-refractivity contribution in [2.45, 2.75) is 32.2 Å². The first kappa shape index (κ1) is 16.3. The lowest BCUT2D eigenvalue weighted by atomic mass is 9.79. The zero-order valence-electron chi connectivity index (χ0n) is 12.5. The van der Waals surface area contributed by atoms with Gasteiger partial charge < -0.3 is 15.0 Å². The Bertz CT molecular complexity index is 214. The molecular weight excluding hydrogens is 244 g/mol. The van der Waals surface area contributed by atoms with Crippen molar-refractivity contribution in [1.82, 2.24) is 10.2 Å². The van der Waals surface area contributed by atoms with Crippen LogP contribution in [0.1, 0.15) is 26.2 Å². The molecule has 1 N–H and O–H groups in total. The van der Waals surface area contributed by atoms with Crippen molar-refractivity contribution in [3.63, 3.8) is 0 Å². The van der Waals surface area contributed by atoms with Gasteiger partial charge in [0.05, 0.1) is 6.61 Å². The van der Waals surface area contributed by atoms with Gasteiger partial charge in [-0.05, 0) is 45.7 Å². The second-order valence-corrected chi connectivity index (χ2v) is 6.53. The first-order chi connectivity index (χ1) is 8.67. The molecule has 0 amide bonds. The van der Waals surface area contributed by atoms with E-state index < -0.39 is 0 Å². The summed E-state index contributed by atoms with van der Waals surface area (Å²) in [5.74, 6) is 1.23. The fourth-order valence-electron chi connectivity index (χ4n) is 3.02. The predicted octanol–water partition coefficient (Wildman–Crippen LogP) is 2.08. The summed E-state index contributed by atoms with van der Waals surface area (Å²) in [5.41, 5.74) is 0.362. The van der Waals surface area contributed by atoms with Gasteiger partial charge in [-0.1, -0.05) is 6.92 Å². The Balaban J connectivity index is 2.58. The number of nitrogens with one attached hydrogen (secondary N) is 1. The van der Waals surface area contributed by atoms with Gasteiger partial charge >= 0.3 is 0 Å². The minimum Gasteiger partial charge on any atom is -0.384 e. The van der Waals surface area contributed by atoms with Gasteiger partial charge in [-0.15, -0.1) is 0 Å². The largest absolute Gasteiger partial charge is 0.384 e. The Morgan fingerprint density at radius 3 is 2.56 bits per heavy atom. The molecule has 4 heteroatoms. The molecule has 0 radical (unpaired) electrons. The van der Waals surface area contributed by atoms with E-state index in [-0.39, 0.29) is 0 Å². The van der Waals surface area contributed by atoms with E-state index in [2.05, 4.69) is 30.4 Å².